The number of carbonyl (C=O) groups excluding carboxylic acids is 2. The van der Waals surface area contributed by atoms with Crippen LogP contribution in [0.5, 0.6) is 11.5 Å². The largest absolute Gasteiger partial charge is 0.493 e. The first-order valence-electron chi connectivity index (χ1n) is 12.7. The van der Waals surface area contributed by atoms with Crippen LogP contribution in [0.2, 0.25) is 10.0 Å². The molecule has 3 atom stereocenters. The average molecular weight is 668 g/mol. The number of thiazole rings is 1. The van der Waals surface area contributed by atoms with Crippen LogP contribution in [-0.2, 0) is 22.4 Å². The van der Waals surface area contributed by atoms with E-state index in [9.17, 15) is 27.6 Å². The van der Waals surface area contributed by atoms with Crippen LogP contribution in [0.1, 0.15) is 27.5 Å². The Kier molecular flexibility index (Phi) is 7.74. The van der Waals surface area contributed by atoms with Crippen molar-refractivity contribution in [3.05, 3.63) is 102 Å². The summed E-state index contributed by atoms with van der Waals surface area (Å²) in [6.45, 7) is 0.0978. The number of aromatic amines is 1. The van der Waals surface area contributed by atoms with Gasteiger partial charge in [-0.15, -0.1) is 0 Å². The first kappa shape index (κ1) is 29.6. The Bertz CT molecular complexity index is 1830. The number of nitrogens with zero attached hydrogens (tertiary/aromatic N) is 1. The fourth-order valence-electron chi connectivity index (χ4n) is 5.31. The maximum absolute atomic E-state index is 13.9. The van der Waals surface area contributed by atoms with Crippen molar-refractivity contribution in [2.24, 2.45) is 5.92 Å². The van der Waals surface area contributed by atoms with Gasteiger partial charge < -0.3 is 14.5 Å². The predicted octanol–water partition coefficient (Wildman–Crippen LogP) is 7.15. The molecule has 7 nitrogen and oxygen atoms in total. The summed E-state index contributed by atoms with van der Waals surface area (Å²) in [4.78, 5) is 43.4. The van der Waals surface area contributed by atoms with Gasteiger partial charge in [0.1, 0.15) is 11.9 Å². The van der Waals surface area contributed by atoms with Gasteiger partial charge in [-0.2, -0.15) is 13.2 Å². The van der Waals surface area contributed by atoms with E-state index in [0.717, 1.165) is 35.2 Å². The lowest BCUT2D eigenvalue weighted by Gasteiger charge is -2.30. The van der Waals surface area contributed by atoms with Crippen molar-refractivity contribution in [3.8, 4) is 11.5 Å². The van der Waals surface area contributed by atoms with Crippen LogP contribution in [0.4, 0.5) is 18.9 Å². The number of nitrogens with one attached hydrogen (secondary N) is 1. The number of alkyl halides is 3. The summed E-state index contributed by atoms with van der Waals surface area (Å²) in [5.41, 5.74) is -0.421. The summed E-state index contributed by atoms with van der Waals surface area (Å²) < 4.78 is 53.2. The Morgan fingerprint density at radius 3 is 2.47 bits per heavy atom. The number of ether oxygens (including phenoxy) is 2. The number of H-pyrrole nitrogens is 1. The molecular weight excluding hydrogens is 648 g/mol. The molecule has 4 aromatic rings. The molecule has 2 aliphatic rings. The smallest absolute Gasteiger partial charge is 0.418 e. The van der Waals surface area contributed by atoms with E-state index in [1.165, 1.54) is 19.2 Å². The Morgan fingerprint density at radius 2 is 1.74 bits per heavy atom. The molecule has 43 heavy (non-hydrogen) atoms. The minimum Gasteiger partial charge on any atom is -0.493 e. The summed E-state index contributed by atoms with van der Waals surface area (Å²) in [7, 11) is 1.43. The Balaban J connectivity index is 1.39. The normalized spacial score (nSPS) is 19.8. The van der Waals surface area contributed by atoms with E-state index >= 15 is 0 Å². The topological polar surface area (TPSA) is 88.7 Å². The standard InChI is InChI=1S/C29H19Cl2F3N2O5S2/c1-40-20-10-13(7-9-19(20)41-12-14-6-8-15(30)11-17(14)31)21-22-24(42-25-23(21)43-28(39)35-25)27(38)36(26(22)37)18-5-3-2-4-16(18)29(32,33)34/h2-11,21-22,24H,12H2,1H3,(H,35,39)/t21-,22-,24+/m0/s1. The number of fused-ring (bicyclic) bond motifs is 2. The van der Waals surface area contributed by atoms with Gasteiger partial charge in [-0.1, -0.05) is 70.6 Å². The van der Waals surface area contributed by atoms with Crippen LogP contribution in [0.15, 0.2) is 70.5 Å². The van der Waals surface area contributed by atoms with Crippen molar-refractivity contribution >= 4 is 63.8 Å². The van der Waals surface area contributed by atoms with Gasteiger partial charge in [-0.25, -0.2) is 4.90 Å². The van der Waals surface area contributed by atoms with Gasteiger partial charge in [-0.3, -0.25) is 14.4 Å². The van der Waals surface area contributed by atoms with E-state index in [4.69, 9.17) is 32.7 Å². The first-order valence-corrected chi connectivity index (χ1v) is 15.1. The number of amides is 2. The fourth-order valence-corrected chi connectivity index (χ4v) is 8.29. The number of benzene rings is 3. The number of thioether (sulfide) groups is 1. The van der Waals surface area contributed by atoms with E-state index < -0.39 is 46.3 Å². The first-order chi connectivity index (χ1) is 20.5. The molecule has 0 saturated carbocycles. The van der Waals surface area contributed by atoms with Gasteiger partial charge in [0, 0.05) is 26.4 Å². The maximum atomic E-state index is 13.9. The molecule has 1 N–H and O–H groups in total. The number of carbonyl (C=O) groups is 2. The number of para-hydroxylation sites is 1. The summed E-state index contributed by atoms with van der Waals surface area (Å²) in [6, 6.07) is 14.4. The molecule has 6 rings (SSSR count). The zero-order valence-electron chi connectivity index (χ0n) is 21.9. The second-order valence-electron chi connectivity index (χ2n) is 9.71. The third-order valence-electron chi connectivity index (χ3n) is 7.22. The van der Waals surface area contributed by atoms with Crippen molar-refractivity contribution in [2.75, 3.05) is 12.0 Å². The summed E-state index contributed by atoms with van der Waals surface area (Å²) in [6.07, 6.45) is -4.79. The van der Waals surface area contributed by atoms with Crippen molar-refractivity contribution in [1.29, 1.82) is 0 Å². The maximum Gasteiger partial charge on any atom is 0.418 e. The number of imide groups is 1. The molecule has 1 fully saturated rings. The molecule has 0 unspecified atom stereocenters. The molecule has 1 saturated heterocycles. The molecule has 0 radical (unpaired) electrons. The third-order valence-corrected chi connectivity index (χ3v) is 10.2. The predicted molar refractivity (Wildman–Crippen MR) is 158 cm³/mol. The monoisotopic (exact) mass is 666 g/mol. The molecule has 0 bridgehead atoms. The number of aromatic nitrogens is 1. The highest BCUT2D eigenvalue weighted by molar-refractivity contribution is 8.00. The molecule has 2 aliphatic heterocycles. The lowest BCUT2D eigenvalue weighted by Crippen LogP contribution is -2.33. The van der Waals surface area contributed by atoms with Crippen LogP contribution in [0.3, 0.4) is 0 Å². The van der Waals surface area contributed by atoms with Crippen molar-refractivity contribution < 1.29 is 32.2 Å². The summed E-state index contributed by atoms with van der Waals surface area (Å²) in [5, 5.41) is 0.229. The SMILES string of the molecule is COc1cc([C@@H]2c3sc(=O)[nH]c3S[C@H]3C(=O)N(c4ccccc4C(F)(F)F)C(=O)[C@@H]23)ccc1OCc1ccc(Cl)cc1Cl. The summed E-state index contributed by atoms with van der Waals surface area (Å²) >= 11 is 14.1. The molecule has 3 aromatic carbocycles. The molecule has 222 valence electrons. The quantitative estimate of drug-likeness (QED) is 0.220. The van der Waals surface area contributed by atoms with Crippen molar-refractivity contribution in [1.82, 2.24) is 4.98 Å². The van der Waals surface area contributed by atoms with Gasteiger partial charge in [-0.05, 0) is 42.0 Å². The van der Waals surface area contributed by atoms with Gasteiger partial charge in [0.15, 0.2) is 11.5 Å². The highest BCUT2D eigenvalue weighted by atomic mass is 35.5. The van der Waals surface area contributed by atoms with E-state index in [-0.39, 0.29) is 11.5 Å². The molecule has 14 heteroatoms. The molecule has 0 spiro atoms. The Labute approximate surface area is 260 Å². The lowest BCUT2D eigenvalue weighted by molar-refractivity contribution is -0.137. The van der Waals surface area contributed by atoms with Gasteiger partial charge in [0.05, 0.1) is 29.3 Å². The van der Waals surface area contributed by atoms with Crippen molar-refractivity contribution in [3.63, 3.8) is 0 Å². The zero-order chi connectivity index (χ0) is 30.6. The van der Waals surface area contributed by atoms with Crippen LogP contribution >= 0.6 is 46.3 Å². The van der Waals surface area contributed by atoms with E-state index in [0.29, 0.717) is 47.5 Å². The highest BCUT2D eigenvalue weighted by Gasteiger charge is 2.57. The minimum atomic E-state index is -4.79. The summed E-state index contributed by atoms with van der Waals surface area (Å²) in [5.74, 6) is -2.81. The van der Waals surface area contributed by atoms with Crippen molar-refractivity contribution in [2.45, 2.75) is 29.0 Å². The number of methoxy groups -OCH3 is 1. The van der Waals surface area contributed by atoms with Gasteiger partial charge in [0.25, 0.3) is 0 Å². The van der Waals surface area contributed by atoms with Crippen LogP contribution in [-0.4, -0.2) is 29.2 Å². The number of anilines is 1. The van der Waals surface area contributed by atoms with Crippen LogP contribution in [0.25, 0.3) is 0 Å². The van der Waals surface area contributed by atoms with Crippen LogP contribution in [0, 0.1) is 5.92 Å². The number of hydrogen-bond donors (Lipinski definition) is 1. The molecular formula is C29H19Cl2F3N2O5S2. The third kappa shape index (κ3) is 5.30. The molecule has 3 heterocycles. The van der Waals surface area contributed by atoms with Gasteiger partial charge in [0.2, 0.25) is 11.8 Å². The van der Waals surface area contributed by atoms with E-state index in [2.05, 4.69) is 4.98 Å². The molecule has 0 aliphatic carbocycles. The highest BCUT2D eigenvalue weighted by Crippen LogP contribution is 2.54. The zero-order valence-corrected chi connectivity index (χ0v) is 25.1. The van der Waals surface area contributed by atoms with Gasteiger partial charge >= 0.3 is 11.0 Å². The Morgan fingerprint density at radius 1 is 0.977 bits per heavy atom. The lowest BCUT2D eigenvalue weighted by atomic mass is 9.83. The number of rotatable bonds is 6. The van der Waals surface area contributed by atoms with E-state index in [1.54, 1.807) is 36.4 Å². The fraction of sp³-hybridized carbons (Fsp3) is 0.207. The number of hydrogen-bond acceptors (Lipinski definition) is 7. The number of halogens is 5. The minimum absolute atomic E-state index is 0.0978. The van der Waals surface area contributed by atoms with E-state index in [1.807, 2.05) is 0 Å². The second-order valence-corrected chi connectivity index (χ2v) is 12.7. The Hall–Kier alpha value is -3.45. The molecule has 2 amide bonds. The van der Waals surface area contributed by atoms with Crippen LogP contribution < -0.4 is 19.2 Å². The average Bonchev–Trinajstić information content (AvgIpc) is 3.46. The second kappa shape index (κ2) is 11.2. The molecule has 1 aromatic heterocycles.